The van der Waals surface area contributed by atoms with Crippen molar-refractivity contribution in [2.24, 2.45) is 17.3 Å². The van der Waals surface area contributed by atoms with E-state index >= 15 is 0 Å². The minimum atomic E-state index is -6.35. The highest BCUT2D eigenvalue weighted by atomic mass is 32.2. The van der Waals surface area contributed by atoms with Crippen LogP contribution in [0.25, 0.3) is 0 Å². The number of alkyl halides is 6. The van der Waals surface area contributed by atoms with Gasteiger partial charge in [0.2, 0.25) is 0 Å². The van der Waals surface area contributed by atoms with Crippen LogP contribution < -0.4 is 0 Å². The number of fused-ring (bicyclic) bond motifs is 3. The van der Waals surface area contributed by atoms with Gasteiger partial charge in [0.1, 0.15) is 5.75 Å². The molecule has 1 N–H and O–H groups in total. The van der Waals surface area contributed by atoms with E-state index in [4.69, 9.17) is 14.0 Å². The minimum absolute atomic E-state index is 0.0317. The average Bonchev–Trinajstić information content (AvgIpc) is 3.04. The van der Waals surface area contributed by atoms with Crippen molar-refractivity contribution in [2.75, 3.05) is 19.0 Å². The van der Waals surface area contributed by atoms with Gasteiger partial charge in [-0.3, -0.25) is 9.35 Å². The lowest BCUT2D eigenvalue weighted by molar-refractivity contribution is -0.364. The van der Waals surface area contributed by atoms with E-state index in [9.17, 15) is 39.6 Å². The lowest BCUT2D eigenvalue weighted by Crippen LogP contribution is -2.65. The standard InChI is InChI=1S/C17H22F6O7S/c1-10-6-11-8-13(7-10,2-3-14(11)28-4-5-29-14)12(24)30-15(16(18,19)20,17(21,22)23)9-31(25,26)27/h10-11H,2-9H2,1H3,(H,25,26,27). The predicted molar refractivity (Wildman–Crippen MR) is 90.2 cm³/mol. The maximum atomic E-state index is 13.6. The molecule has 1 saturated heterocycles. The van der Waals surface area contributed by atoms with Gasteiger partial charge in [0, 0.05) is 12.3 Å². The fourth-order valence-corrected chi connectivity index (χ4v) is 6.04. The van der Waals surface area contributed by atoms with Gasteiger partial charge in [-0.25, -0.2) is 0 Å². The number of rotatable bonds is 4. The number of carbonyl (C=O) groups excluding carboxylic acids is 1. The molecule has 3 rings (SSSR count). The van der Waals surface area contributed by atoms with Gasteiger partial charge in [-0.15, -0.1) is 0 Å². The van der Waals surface area contributed by atoms with E-state index in [1.807, 2.05) is 0 Å². The molecule has 0 aromatic rings. The molecule has 0 aromatic carbocycles. The predicted octanol–water partition coefficient (Wildman–Crippen LogP) is 3.24. The van der Waals surface area contributed by atoms with E-state index in [0.717, 1.165) is 0 Å². The van der Waals surface area contributed by atoms with Crippen LogP contribution in [0.2, 0.25) is 0 Å². The fraction of sp³-hybridized carbons (Fsp3) is 0.941. The van der Waals surface area contributed by atoms with Crippen LogP contribution in [0, 0.1) is 17.3 Å². The number of hydrogen-bond acceptors (Lipinski definition) is 6. The number of carbonyl (C=O) groups is 1. The molecule has 14 heteroatoms. The maximum absolute atomic E-state index is 13.6. The Hall–Kier alpha value is -1.12. The van der Waals surface area contributed by atoms with Crippen LogP contribution in [0.5, 0.6) is 0 Å². The normalized spacial score (nSPS) is 31.6. The molecule has 0 aromatic heterocycles. The summed E-state index contributed by atoms with van der Waals surface area (Å²) >= 11 is 0. The molecule has 1 aliphatic heterocycles. The van der Waals surface area contributed by atoms with E-state index < -0.39 is 56.9 Å². The number of ether oxygens (including phenoxy) is 3. The second-order valence-electron chi connectivity index (χ2n) is 8.67. The van der Waals surface area contributed by atoms with Crippen LogP contribution in [-0.4, -0.2) is 61.6 Å². The first-order valence-electron chi connectivity index (χ1n) is 9.55. The van der Waals surface area contributed by atoms with Gasteiger partial charge < -0.3 is 14.2 Å². The summed E-state index contributed by atoms with van der Waals surface area (Å²) < 4.78 is 128. The summed E-state index contributed by atoms with van der Waals surface area (Å²) in [6.07, 6.45) is -12.4. The van der Waals surface area contributed by atoms with Gasteiger partial charge in [-0.2, -0.15) is 34.8 Å². The first-order valence-corrected chi connectivity index (χ1v) is 11.2. The van der Waals surface area contributed by atoms with Crippen molar-refractivity contribution < 1.29 is 58.3 Å². The zero-order chi connectivity index (χ0) is 23.5. The molecule has 1 spiro atoms. The van der Waals surface area contributed by atoms with E-state index in [1.165, 1.54) is 0 Å². The zero-order valence-electron chi connectivity index (χ0n) is 16.4. The Morgan fingerprint density at radius 2 is 1.61 bits per heavy atom. The Morgan fingerprint density at radius 3 is 2.10 bits per heavy atom. The second kappa shape index (κ2) is 7.45. The lowest BCUT2D eigenvalue weighted by atomic mass is 9.57. The first-order chi connectivity index (χ1) is 14.0. The summed E-state index contributed by atoms with van der Waals surface area (Å²) in [7, 11) is -5.83. The highest BCUT2D eigenvalue weighted by Crippen LogP contribution is 2.58. The van der Waals surface area contributed by atoms with Crippen molar-refractivity contribution in [3.8, 4) is 0 Å². The summed E-state index contributed by atoms with van der Waals surface area (Å²) in [4.78, 5) is 12.9. The Bertz CT molecular complexity index is 804. The summed E-state index contributed by atoms with van der Waals surface area (Å²) in [6, 6.07) is 0. The Balaban J connectivity index is 1.98. The highest BCUT2D eigenvalue weighted by Gasteiger charge is 2.76. The summed E-state index contributed by atoms with van der Waals surface area (Å²) in [5.41, 5.74) is -7.09. The van der Waals surface area contributed by atoms with E-state index in [-0.39, 0.29) is 44.8 Å². The SMILES string of the molecule is CC1CC2CC(C(=O)OC(CS(=O)(=O)O)(C(F)(F)F)C(F)(F)F)(CCC23OCCO3)C1. The van der Waals surface area contributed by atoms with Gasteiger partial charge >= 0.3 is 23.9 Å². The van der Waals surface area contributed by atoms with Crippen LogP contribution >= 0.6 is 0 Å². The molecule has 3 atom stereocenters. The largest absolute Gasteiger partial charge is 0.438 e. The van der Waals surface area contributed by atoms with Crippen LogP contribution in [0.15, 0.2) is 0 Å². The Morgan fingerprint density at radius 1 is 1.06 bits per heavy atom. The lowest BCUT2D eigenvalue weighted by Gasteiger charge is -2.53. The van der Waals surface area contributed by atoms with Crippen molar-refractivity contribution in [1.29, 1.82) is 0 Å². The molecule has 1 heterocycles. The molecule has 180 valence electrons. The molecule has 7 nitrogen and oxygen atoms in total. The van der Waals surface area contributed by atoms with Gasteiger partial charge in [0.25, 0.3) is 10.1 Å². The average molecular weight is 484 g/mol. The second-order valence-corrected chi connectivity index (χ2v) is 10.1. The summed E-state index contributed by atoms with van der Waals surface area (Å²) in [6.45, 7) is 2.25. The molecule has 0 radical (unpaired) electrons. The fourth-order valence-electron chi connectivity index (χ4n) is 5.14. The van der Waals surface area contributed by atoms with Crippen molar-refractivity contribution in [1.82, 2.24) is 0 Å². The number of esters is 1. The number of halogens is 6. The zero-order valence-corrected chi connectivity index (χ0v) is 17.2. The minimum Gasteiger partial charge on any atom is -0.438 e. The molecule has 3 unspecified atom stereocenters. The molecule has 2 saturated carbocycles. The molecular formula is C17H22F6O7S. The van der Waals surface area contributed by atoms with E-state index in [1.54, 1.807) is 6.92 Å². The first kappa shape index (κ1) is 24.5. The monoisotopic (exact) mass is 484 g/mol. The molecule has 2 bridgehead atoms. The Labute approximate surface area is 174 Å². The van der Waals surface area contributed by atoms with Crippen LogP contribution in [0.4, 0.5) is 26.3 Å². The number of hydrogen-bond donors (Lipinski definition) is 1. The maximum Gasteiger partial charge on any atom is 0.438 e. The topological polar surface area (TPSA) is 99.1 Å². The highest BCUT2D eigenvalue weighted by molar-refractivity contribution is 7.85. The van der Waals surface area contributed by atoms with Crippen molar-refractivity contribution in [2.45, 2.75) is 62.8 Å². The van der Waals surface area contributed by atoms with Gasteiger partial charge in [0.05, 0.1) is 18.6 Å². The third-order valence-corrected chi connectivity index (χ3v) is 7.19. The molecule has 31 heavy (non-hydrogen) atoms. The van der Waals surface area contributed by atoms with Gasteiger partial charge in [-0.05, 0) is 31.6 Å². The Kier molecular flexibility index (Phi) is 5.90. The van der Waals surface area contributed by atoms with Crippen LogP contribution in [-0.2, 0) is 29.1 Å². The van der Waals surface area contributed by atoms with Crippen molar-refractivity contribution >= 4 is 16.1 Å². The quantitative estimate of drug-likeness (QED) is 0.372. The van der Waals surface area contributed by atoms with Gasteiger partial charge in [0.15, 0.2) is 5.79 Å². The van der Waals surface area contributed by atoms with Crippen LogP contribution in [0.1, 0.15) is 39.0 Å². The summed E-state index contributed by atoms with van der Waals surface area (Å²) in [5.74, 6) is -6.44. The van der Waals surface area contributed by atoms with Crippen molar-refractivity contribution in [3.05, 3.63) is 0 Å². The molecule has 3 aliphatic rings. The van der Waals surface area contributed by atoms with E-state index in [2.05, 4.69) is 4.74 Å². The summed E-state index contributed by atoms with van der Waals surface area (Å²) in [5, 5.41) is 0. The molecular weight excluding hydrogens is 462 g/mol. The third-order valence-electron chi connectivity index (χ3n) is 6.41. The third kappa shape index (κ3) is 4.27. The molecule has 2 aliphatic carbocycles. The van der Waals surface area contributed by atoms with Crippen LogP contribution in [0.3, 0.4) is 0 Å². The van der Waals surface area contributed by atoms with Crippen molar-refractivity contribution in [3.63, 3.8) is 0 Å². The smallest absolute Gasteiger partial charge is 0.438 e. The molecule has 0 amide bonds. The molecule has 3 fully saturated rings. The van der Waals surface area contributed by atoms with E-state index in [0.29, 0.717) is 6.42 Å². The van der Waals surface area contributed by atoms with Gasteiger partial charge in [-0.1, -0.05) is 6.92 Å².